The molecule has 0 spiro atoms. The summed E-state index contributed by atoms with van der Waals surface area (Å²) >= 11 is 0. The molecule has 2 saturated heterocycles. The van der Waals surface area contributed by atoms with E-state index in [4.69, 9.17) is 4.74 Å². The van der Waals surface area contributed by atoms with Crippen molar-refractivity contribution in [2.24, 2.45) is 11.8 Å². The Hall–Kier alpha value is -1.76. The number of ether oxygens (including phenoxy) is 1. The van der Waals surface area contributed by atoms with Gasteiger partial charge in [0.1, 0.15) is 0 Å². The van der Waals surface area contributed by atoms with Crippen LogP contribution < -0.4 is 5.32 Å². The number of carbonyl (C=O) groups excluding carboxylic acids is 1. The molecule has 1 saturated carbocycles. The van der Waals surface area contributed by atoms with Gasteiger partial charge < -0.3 is 15.0 Å². The molecule has 2 aliphatic heterocycles. The molecule has 3 fully saturated rings. The van der Waals surface area contributed by atoms with E-state index in [2.05, 4.69) is 24.1 Å². The zero-order valence-corrected chi connectivity index (χ0v) is 16.9. The smallest absolute Gasteiger partial charge is 0.382 e. The molecule has 0 radical (unpaired) electrons. The third-order valence-electron chi connectivity index (χ3n) is 6.78. The van der Waals surface area contributed by atoms with E-state index in [1.165, 1.54) is 12.1 Å². The van der Waals surface area contributed by atoms with Gasteiger partial charge in [0.15, 0.2) is 0 Å². The molecule has 1 N–H and O–H groups in total. The molecular formula is C22H29F3N2O2. The minimum Gasteiger partial charge on any atom is -0.382 e. The monoisotopic (exact) mass is 410 g/mol. The van der Waals surface area contributed by atoms with Crippen molar-refractivity contribution in [1.82, 2.24) is 4.90 Å². The Balaban J connectivity index is 1.49. The molecule has 1 aromatic rings. The Morgan fingerprint density at radius 1 is 1.14 bits per heavy atom. The van der Waals surface area contributed by atoms with Crippen molar-refractivity contribution in [1.29, 1.82) is 0 Å². The van der Waals surface area contributed by atoms with Crippen LogP contribution in [0, 0.1) is 11.8 Å². The zero-order chi connectivity index (χ0) is 20.8. The van der Waals surface area contributed by atoms with Gasteiger partial charge in [-0.3, -0.25) is 4.79 Å². The van der Waals surface area contributed by atoms with Crippen molar-refractivity contribution in [2.75, 3.05) is 11.9 Å². The number of carbonyl (C=O) groups is 1. The van der Waals surface area contributed by atoms with E-state index >= 15 is 0 Å². The number of alkyl halides is 3. The van der Waals surface area contributed by atoms with Crippen molar-refractivity contribution >= 4 is 11.6 Å². The second kappa shape index (κ2) is 7.82. The van der Waals surface area contributed by atoms with Gasteiger partial charge in [0.2, 0.25) is 5.91 Å². The summed E-state index contributed by atoms with van der Waals surface area (Å²) in [7, 11) is 0. The van der Waals surface area contributed by atoms with Gasteiger partial charge in [-0.2, -0.15) is 13.2 Å². The normalized spacial score (nSPS) is 32.7. The molecule has 0 aromatic heterocycles. The summed E-state index contributed by atoms with van der Waals surface area (Å²) < 4.78 is 44.6. The molecule has 0 bridgehead atoms. The number of amides is 1. The highest BCUT2D eigenvalue weighted by Crippen LogP contribution is 2.41. The number of piperidine rings is 1. The first-order valence-corrected chi connectivity index (χ1v) is 10.6. The molecule has 160 valence electrons. The van der Waals surface area contributed by atoms with E-state index in [0.29, 0.717) is 30.6 Å². The van der Waals surface area contributed by atoms with Crippen molar-refractivity contribution < 1.29 is 22.7 Å². The van der Waals surface area contributed by atoms with Gasteiger partial charge in [-0.05, 0) is 61.8 Å². The third-order valence-corrected chi connectivity index (χ3v) is 6.78. The molecule has 4 rings (SSSR count). The number of halogens is 3. The first-order chi connectivity index (χ1) is 13.7. The third kappa shape index (κ3) is 4.11. The fraction of sp³-hybridized carbons (Fsp3) is 0.682. The zero-order valence-electron chi connectivity index (χ0n) is 16.9. The molecule has 2 heterocycles. The second-order valence-electron chi connectivity index (χ2n) is 9.00. The standard InChI is InChI=1S/C22H29F3N2O2/c1-13(2)18-12-29-19-9-8-17(11-14-3-10-20(28)27(18)21(14)19)26-16-6-4-15(5-7-16)22(23,24)25/h4-7,13-14,17-19,21,26H,3,8-12H2,1-2H3/t14-,17-,18-,19-,21?/m1/s1. The van der Waals surface area contributed by atoms with Crippen LogP contribution in [0.2, 0.25) is 0 Å². The molecule has 5 atom stereocenters. The van der Waals surface area contributed by atoms with Crippen LogP contribution >= 0.6 is 0 Å². The maximum Gasteiger partial charge on any atom is 0.416 e. The number of hydrogen-bond donors (Lipinski definition) is 1. The van der Waals surface area contributed by atoms with Crippen LogP contribution in [0.15, 0.2) is 24.3 Å². The molecule has 3 aliphatic rings. The predicted octanol–water partition coefficient (Wildman–Crippen LogP) is 4.70. The van der Waals surface area contributed by atoms with Gasteiger partial charge in [0.05, 0.1) is 30.4 Å². The number of hydrogen-bond acceptors (Lipinski definition) is 3. The molecule has 29 heavy (non-hydrogen) atoms. The van der Waals surface area contributed by atoms with Crippen LogP contribution in [0.4, 0.5) is 18.9 Å². The first-order valence-electron chi connectivity index (χ1n) is 10.6. The lowest BCUT2D eigenvalue weighted by molar-refractivity contribution is -0.173. The molecule has 1 unspecified atom stereocenters. The quantitative estimate of drug-likeness (QED) is 0.785. The number of rotatable bonds is 3. The minimum absolute atomic E-state index is 0.0543. The highest BCUT2D eigenvalue weighted by atomic mass is 19.4. The average Bonchev–Trinajstić information content (AvgIpc) is 2.84. The van der Waals surface area contributed by atoms with Gasteiger partial charge in [-0.15, -0.1) is 0 Å². The number of benzene rings is 1. The van der Waals surface area contributed by atoms with Crippen LogP contribution in [-0.2, 0) is 15.7 Å². The number of nitrogens with zero attached hydrogens (tertiary/aromatic N) is 1. The summed E-state index contributed by atoms with van der Waals surface area (Å²) in [5.41, 5.74) is 0.0714. The molecule has 1 amide bonds. The van der Waals surface area contributed by atoms with Crippen LogP contribution in [0.5, 0.6) is 0 Å². The fourth-order valence-electron chi connectivity index (χ4n) is 5.29. The summed E-state index contributed by atoms with van der Waals surface area (Å²) in [6, 6.07) is 5.67. The van der Waals surface area contributed by atoms with Crippen molar-refractivity contribution in [3.63, 3.8) is 0 Å². The largest absolute Gasteiger partial charge is 0.416 e. The maximum absolute atomic E-state index is 12.8. The lowest BCUT2D eigenvalue weighted by Crippen LogP contribution is -2.64. The molecule has 4 nitrogen and oxygen atoms in total. The Morgan fingerprint density at radius 2 is 1.86 bits per heavy atom. The van der Waals surface area contributed by atoms with E-state index in [9.17, 15) is 18.0 Å². The fourth-order valence-corrected chi connectivity index (χ4v) is 5.29. The van der Waals surface area contributed by atoms with E-state index in [1.807, 2.05) is 0 Å². The van der Waals surface area contributed by atoms with E-state index in [0.717, 1.165) is 37.8 Å². The van der Waals surface area contributed by atoms with Gasteiger partial charge in [-0.25, -0.2) is 0 Å². The lowest BCUT2D eigenvalue weighted by atomic mass is 9.80. The highest BCUT2D eigenvalue weighted by Gasteiger charge is 2.49. The van der Waals surface area contributed by atoms with Gasteiger partial charge in [-0.1, -0.05) is 13.8 Å². The summed E-state index contributed by atoms with van der Waals surface area (Å²) in [6.45, 7) is 4.86. The average molecular weight is 410 g/mol. The molecular weight excluding hydrogens is 381 g/mol. The number of anilines is 1. The van der Waals surface area contributed by atoms with Crippen molar-refractivity contribution in [3.8, 4) is 0 Å². The van der Waals surface area contributed by atoms with Crippen molar-refractivity contribution in [2.45, 2.75) is 76.4 Å². The lowest BCUT2D eigenvalue weighted by Gasteiger charge is -2.52. The maximum atomic E-state index is 12.8. The highest BCUT2D eigenvalue weighted by molar-refractivity contribution is 5.78. The molecule has 7 heteroatoms. The van der Waals surface area contributed by atoms with Crippen LogP contribution in [0.25, 0.3) is 0 Å². The summed E-state index contributed by atoms with van der Waals surface area (Å²) in [4.78, 5) is 14.9. The van der Waals surface area contributed by atoms with Gasteiger partial charge >= 0.3 is 6.18 Å². The number of morpholine rings is 1. The molecule has 1 aromatic carbocycles. The van der Waals surface area contributed by atoms with E-state index in [1.54, 1.807) is 0 Å². The Morgan fingerprint density at radius 3 is 2.52 bits per heavy atom. The minimum atomic E-state index is -4.32. The van der Waals surface area contributed by atoms with Crippen LogP contribution in [-0.4, -0.2) is 41.6 Å². The predicted molar refractivity (Wildman–Crippen MR) is 104 cm³/mol. The Labute approximate surface area is 169 Å². The Kier molecular flexibility index (Phi) is 5.53. The van der Waals surface area contributed by atoms with Crippen LogP contribution in [0.1, 0.15) is 51.5 Å². The van der Waals surface area contributed by atoms with Gasteiger partial charge in [0, 0.05) is 18.2 Å². The van der Waals surface area contributed by atoms with Gasteiger partial charge in [0.25, 0.3) is 0 Å². The van der Waals surface area contributed by atoms with E-state index < -0.39 is 11.7 Å². The molecule has 1 aliphatic carbocycles. The van der Waals surface area contributed by atoms with E-state index in [-0.39, 0.29) is 30.1 Å². The Bertz CT molecular complexity index is 735. The topological polar surface area (TPSA) is 41.6 Å². The van der Waals surface area contributed by atoms with Crippen molar-refractivity contribution in [3.05, 3.63) is 29.8 Å². The summed E-state index contributed by atoms with van der Waals surface area (Å²) in [5.74, 6) is 0.948. The van der Waals surface area contributed by atoms with Crippen LogP contribution in [0.3, 0.4) is 0 Å². The first kappa shape index (κ1) is 20.5. The second-order valence-corrected chi connectivity index (χ2v) is 9.00. The summed E-state index contributed by atoms with van der Waals surface area (Å²) in [6.07, 6.45) is -0.196. The SMILES string of the molecule is CC(C)[C@H]1CO[C@@H]2CC[C@@H](Nc3ccc(C(F)(F)F)cc3)C[C@H]3CCC(=O)N1C32. The number of nitrogens with one attached hydrogen (secondary N) is 1. The summed E-state index contributed by atoms with van der Waals surface area (Å²) in [5, 5.41) is 3.43.